The standard InChI is InChI=1S/C17H20N4O5S/c18-27(24,25)15-5-6-16(17(11-15)21(22)23)19-14-3-1-13(2-4-14)12-20-7-9-26-10-8-20/h1-6,11,19H,7-10,12H2,(H2,18,24,25). The van der Waals surface area contributed by atoms with Crippen LogP contribution in [0.2, 0.25) is 0 Å². The topological polar surface area (TPSA) is 128 Å². The molecule has 1 saturated heterocycles. The number of nitro benzene ring substituents is 1. The molecular formula is C17H20N4O5S. The molecule has 0 atom stereocenters. The number of morpholine rings is 1. The Balaban J connectivity index is 1.75. The predicted molar refractivity (Wildman–Crippen MR) is 100 cm³/mol. The summed E-state index contributed by atoms with van der Waals surface area (Å²) in [5.74, 6) is 0. The van der Waals surface area contributed by atoms with Gasteiger partial charge in [-0.3, -0.25) is 15.0 Å². The van der Waals surface area contributed by atoms with E-state index in [0.29, 0.717) is 5.69 Å². The first kappa shape index (κ1) is 19.2. The number of benzene rings is 2. The van der Waals surface area contributed by atoms with Crippen molar-refractivity contribution >= 4 is 27.1 Å². The fraction of sp³-hybridized carbons (Fsp3) is 0.294. The van der Waals surface area contributed by atoms with Gasteiger partial charge in [0.15, 0.2) is 0 Å². The number of primary sulfonamides is 1. The van der Waals surface area contributed by atoms with Gasteiger partial charge in [0.05, 0.1) is 23.0 Å². The SMILES string of the molecule is NS(=O)(=O)c1ccc(Nc2ccc(CN3CCOCC3)cc2)c([N+](=O)[O-])c1. The van der Waals surface area contributed by atoms with Gasteiger partial charge in [0, 0.05) is 31.4 Å². The summed E-state index contributed by atoms with van der Waals surface area (Å²) in [4.78, 5) is 12.6. The zero-order valence-corrected chi connectivity index (χ0v) is 15.3. The van der Waals surface area contributed by atoms with Crippen LogP contribution in [-0.2, 0) is 21.3 Å². The minimum Gasteiger partial charge on any atom is -0.379 e. The molecule has 144 valence electrons. The van der Waals surface area contributed by atoms with Crippen LogP contribution >= 0.6 is 0 Å². The molecule has 3 rings (SSSR count). The highest BCUT2D eigenvalue weighted by atomic mass is 32.2. The van der Waals surface area contributed by atoms with E-state index in [9.17, 15) is 18.5 Å². The van der Waals surface area contributed by atoms with Crippen molar-refractivity contribution in [3.05, 3.63) is 58.1 Å². The molecule has 0 aromatic heterocycles. The third-order valence-corrected chi connectivity index (χ3v) is 5.15. The van der Waals surface area contributed by atoms with Gasteiger partial charge in [0.1, 0.15) is 5.69 Å². The fourth-order valence-electron chi connectivity index (χ4n) is 2.81. The van der Waals surface area contributed by atoms with Crippen molar-refractivity contribution < 1.29 is 18.1 Å². The molecule has 0 saturated carbocycles. The minimum atomic E-state index is -4.01. The Morgan fingerprint density at radius 3 is 2.41 bits per heavy atom. The number of nitro groups is 1. The highest BCUT2D eigenvalue weighted by molar-refractivity contribution is 7.89. The van der Waals surface area contributed by atoms with Crippen LogP contribution in [0.1, 0.15) is 5.56 Å². The summed E-state index contributed by atoms with van der Waals surface area (Å²) in [6, 6.07) is 11.1. The number of anilines is 2. The molecule has 1 aliphatic heterocycles. The maximum Gasteiger partial charge on any atom is 0.294 e. The molecule has 0 unspecified atom stereocenters. The van der Waals surface area contributed by atoms with Crippen LogP contribution in [0.15, 0.2) is 47.4 Å². The monoisotopic (exact) mass is 392 g/mol. The quantitative estimate of drug-likeness (QED) is 0.567. The maximum atomic E-state index is 11.4. The number of nitrogens with one attached hydrogen (secondary N) is 1. The van der Waals surface area contributed by atoms with Crippen molar-refractivity contribution in [1.82, 2.24) is 4.90 Å². The van der Waals surface area contributed by atoms with E-state index in [4.69, 9.17) is 9.88 Å². The molecule has 0 bridgehead atoms. The predicted octanol–water partition coefficient (Wildman–Crippen LogP) is 1.82. The number of hydrogen-bond donors (Lipinski definition) is 2. The minimum absolute atomic E-state index is 0.188. The highest BCUT2D eigenvalue weighted by Gasteiger charge is 2.19. The lowest BCUT2D eigenvalue weighted by molar-refractivity contribution is -0.384. The zero-order chi connectivity index (χ0) is 19.4. The lowest BCUT2D eigenvalue weighted by Crippen LogP contribution is -2.35. The Labute approximate surface area is 156 Å². The largest absolute Gasteiger partial charge is 0.379 e. The average molecular weight is 392 g/mol. The van der Waals surface area contributed by atoms with E-state index in [-0.39, 0.29) is 16.3 Å². The molecule has 2 aromatic rings. The summed E-state index contributed by atoms with van der Waals surface area (Å²) in [5.41, 5.74) is 1.61. The van der Waals surface area contributed by atoms with Crippen LogP contribution in [0, 0.1) is 10.1 Å². The van der Waals surface area contributed by atoms with Crippen molar-refractivity contribution in [3.8, 4) is 0 Å². The van der Waals surface area contributed by atoms with E-state index < -0.39 is 14.9 Å². The maximum absolute atomic E-state index is 11.4. The van der Waals surface area contributed by atoms with Crippen molar-refractivity contribution in [2.75, 3.05) is 31.6 Å². The van der Waals surface area contributed by atoms with Gasteiger partial charge in [-0.15, -0.1) is 0 Å². The number of nitrogens with two attached hydrogens (primary N) is 1. The third-order valence-electron chi connectivity index (χ3n) is 4.24. The normalized spacial score (nSPS) is 15.4. The van der Waals surface area contributed by atoms with E-state index in [2.05, 4.69) is 10.2 Å². The van der Waals surface area contributed by atoms with Crippen molar-refractivity contribution in [2.45, 2.75) is 11.4 Å². The second kappa shape index (κ2) is 8.01. The molecule has 0 aliphatic carbocycles. The van der Waals surface area contributed by atoms with Crippen molar-refractivity contribution in [2.24, 2.45) is 5.14 Å². The molecule has 3 N–H and O–H groups in total. The fourth-order valence-corrected chi connectivity index (χ4v) is 3.35. The van der Waals surface area contributed by atoms with Crippen LogP contribution in [0.3, 0.4) is 0 Å². The zero-order valence-electron chi connectivity index (χ0n) is 14.5. The van der Waals surface area contributed by atoms with Gasteiger partial charge >= 0.3 is 0 Å². The van der Waals surface area contributed by atoms with E-state index >= 15 is 0 Å². The lowest BCUT2D eigenvalue weighted by Gasteiger charge is -2.26. The summed E-state index contributed by atoms with van der Waals surface area (Å²) < 4.78 is 28.1. The number of rotatable bonds is 6. The molecule has 1 aliphatic rings. The van der Waals surface area contributed by atoms with Gasteiger partial charge in [-0.25, -0.2) is 13.6 Å². The van der Waals surface area contributed by atoms with E-state index in [1.165, 1.54) is 12.1 Å². The van der Waals surface area contributed by atoms with Gasteiger partial charge < -0.3 is 10.1 Å². The van der Waals surface area contributed by atoms with E-state index in [1.807, 2.05) is 24.3 Å². The summed E-state index contributed by atoms with van der Waals surface area (Å²) in [6.07, 6.45) is 0. The van der Waals surface area contributed by atoms with Gasteiger partial charge in [0.25, 0.3) is 5.69 Å². The van der Waals surface area contributed by atoms with Gasteiger partial charge in [0.2, 0.25) is 10.0 Å². The Kier molecular flexibility index (Phi) is 5.71. The first-order chi connectivity index (χ1) is 12.8. The first-order valence-corrected chi connectivity index (χ1v) is 9.85. The molecule has 2 aromatic carbocycles. The molecule has 27 heavy (non-hydrogen) atoms. The smallest absolute Gasteiger partial charge is 0.294 e. The number of nitrogens with zero attached hydrogens (tertiary/aromatic N) is 2. The molecule has 10 heteroatoms. The second-order valence-electron chi connectivity index (χ2n) is 6.19. The highest BCUT2D eigenvalue weighted by Crippen LogP contribution is 2.30. The number of sulfonamides is 1. The van der Waals surface area contributed by atoms with Crippen LogP contribution in [0.4, 0.5) is 17.1 Å². The average Bonchev–Trinajstić information content (AvgIpc) is 2.63. The first-order valence-electron chi connectivity index (χ1n) is 8.30. The molecular weight excluding hydrogens is 372 g/mol. The van der Waals surface area contributed by atoms with Gasteiger partial charge in [-0.05, 0) is 29.8 Å². The molecule has 1 fully saturated rings. The van der Waals surface area contributed by atoms with Gasteiger partial charge in [-0.1, -0.05) is 12.1 Å². The van der Waals surface area contributed by atoms with Crippen molar-refractivity contribution in [3.63, 3.8) is 0 Å². The summed E-state index contributed by atoms with van der Waals surface area (Å²) >= 11 is 0. The van der Waals surface area contributed by atoms with E-state index in [1.54, 1.807) is 0 Å². The Morgan fingerprint density at radius 1 is 1.15 bits per heavy atom. The summed E-state index contributed by atoms with van der Waals surface area (Å²) in [7, 11) is -4.01. The molecule has 0 radical (unpaired) electrons. The Bertz CT molecular complexity index is 925. The second-order valence-corrected chi connectivity index (χ2v) is 7.75. The molecule has 1 heterocycles. The van der Waals surface area contributed by atoms with Crippen LogP contribution in [-0.4, -0.2) is 44.5 Å². The summed E-state index contributed by atoms with van der Waals surface area (Å²) in [6.45, 7) is 4.06. The third kappa shape index (κ3) is 5.01. The number of hydrogen-bond acceptors (Lipinski definition) is 7. The molecule has 0 amide bonds. The summed E-state index contributed by atoms with van der Waals surface area (Å²) in [5, 5.41) is 19.3. The Morgan fingerprint density at radius 2 is 1.81 bits per heavy atom. The van der Waals surface area contributed by atoms with Crippen LogP contribution in [0.25, 0.3) is 0 Å². The Hall–Kier alpha value is -2.53. The molecule has 0 spiro atoms. The van der Waals surface area contributed by atoms with Crippen molar-refractivity contribution in [1.29, 1.82) is 0 Å². The number of ether oxygens (including phenoxy) is 1. The van der Waals surface area contributed by atoms with Crippen LogP contribution < -0.4 is 10.5 Å². The molecule has 9 nitrogen and oxygen atoms in total. The van der Waals surface area contributed by atoms with E-state index in [0.717, 1.165) is 44.5 Å². The van der Waals surface area contributed by atoms with Gasteiger partial charge in [-0.2, -0.15) is 0 Å². The van der Waals surface area contributed by atoms with Crippen LogP contribution in [0.5, 0.6) is 0 Å². The lowest BCUT2D eigenvalue weighted by atomic mass is 10.1.